The molecule has 160 valence electrons. The van der Waals surface area contributed by atoms with Crippen LogP contribution < -0.4 is 0 Å². The summed E-state index contributed by atoms with van der Waals surface area (Å²) in [5.41, 5.74) is 2.78. The molecule has 2 aliphatic rings. The Morgan fingerprint density at radius 1 is 1.00 bits per heavy atom. The topological polar surface area (TPSA) is 104 Å². The normalized spacial score (nSPS) is 11.8. The molecule has 0 saturated heterocycles. The quantitative estimate of drug-likeness (QED) is 0.403. The number of sulfone groups is 1. The first-order chi connectivity index (χ1) is 15.4. The molecule has 1 aromatic heterocycles. The third-order valence-electron chi connectivity index (χ3n) is 4.88. The van der Waals surface area contributed by atoms with Crippen LogP contribution in [0.3, 0.4) is 0 Å². The predicted octanol–water partition coefficient (Wildman–Crippen LogP) is 3.69. The van der Waals surface area contributed by atoms with Crippen LogP contribution in [-0.4, -0.2) is 39.6 Å². The first-order valence-electron chi connectivity index (χ1n) is 9.58. The van der Waals surface area contributed by atoms with Crippen LogP contribution in [0.15, 0.2) is 76.4 Å². The van der Waals surface area contributed by atoms with Crippen molar-refractivity contribution in [3.05, 3.63) is 78.6 Å². The average Bonchev–Trinajstić information content (AvgIpc) is 3.40. The molecular weight excluding hydrogens is 433 g/mol. The van der Waals surface area contributed by atoms with E-state index in [-0.39, 0.29) is 10.7 Å². The molecule has 0 amide bonds. The second-order valence-corrected chi connectivity index (χ2v) is 9.26. The molecule has 0 aliphatic carbocycles. The number of hydrogen-bond acceptors (Lipinski definition) is 7. The number of rotatable bonds is 5. The van der Waals surface area contributed by atoms with Crippen molar-refractivity contribution in [2.75, 3.05) is 6.26 Å². The zero-order valence-electron chi connectivity index (χ0n) is 16.8. The van der Waals surface area contributed by atoms with E-state index < -0.39 is 9.84 Å². The summed E-state index contributed by atoms with van der Waals surface area (Å²) in [6.07, 6.45) is 4.43. The third kappa shape index (κ3) is 3.87. The van der Waals surface area contributed by atoms with E-state index in [1.54, 1.807) is 53.5 Å². The highest BCUT2D eigenvalue weighted by molar-refractivity contribution is 7.90. The average molecular weight is 449 g/mol. The van der Waals surface area contributed by atoms with Crippen LogP contribution in [0.4, 0.5) is 4.39 Å². The number of benzene rings is 2. The number of halogens is 1. The van der Waals surface area contributed by atoms with Crippen molar-refractivity contribution in [1.82, 2.24) is 24.9 Å². The van der Waals surface area contributed by atoms with E-state index in [2.05, 4.69) is 20.2 Å². The second kappa shape index (κ2) is 7.65. The van der Waals surface area contributed by atoms with Crippen molar-refractivity contribution in [3.8, 4) is 34.0 Å². The van der Waals surface area contributed by atoms with Gasteiger partial charge in [-0.15, -0.1) is 0 Å². The highest BCUT2D eigenvalue weighted by Crippen LogP contribution is 2.26. The standard InChI is InChI=1S/C22H16FN5O3S/c1-32(29,30)16-8-6-14(7-9-16)19-10-15(31-27-19)12-28-13-21-20(11-24-28)25-22(26-21)17-4-2-3-5-18(17)23/h2-11,13H,12H2,1H3. The minimum Gasteiger partial charge on any atom is -0.359 e. The molecule has 10 heteroatoms. The number of fused-ring (bicyclic) bond motifs is 1. The van der Waals surface area contributed by atoms with Crippen LogP contribution in [-0.2, 0) is 16.4 Å². The lowest BCUT2D eigenvalue weighted by molar-refractivity contribution is 0.372. The maximum absolute atomic E-state index is 14.0. The minimum absolute atomic E-state index is 0.239. The number of aromatic nitrogens is 5. The van der Waals surface area contributed by atoms with Crippen LogP contribution in [0.2, 0.25) is 0 Å². The molecule has 0 fully saturated rings. The van der Waals surface area contributed by atoms with Crippen LogP contribution >= 0.6 is 0 Å². The van der Waals surface area contributed by atoms with Crippen molar-refractivity contribution < 1.29 is 17.3 Å². The summed E-state index contributed by atoms with van der Waals surface area (Å²) in [4.78, 5) is 9.01. The number of hydrogen-bond donors (Lipinski definition) is 0. The molecule has 3 heterocycles. The fraction of sp³-hybridized carbons (Fsp3) is 0.0909. The van der Waals surface area contributed by atoms with E-state index in [0.29, 0.717) is 40.8 Å². The third-order valence-corrected chi connectivity index (χ3v) is 6.01. The summed E-state index contributed by atoms with van der Waals surface area (Å²) in [6.45, 7) is 0.298. The summed E-state index contributed by atoms with van der Waals surface area (Å²) in [6, 6.07) is 14.5. The summed E-state index contributed by atoms with van der Waals surface area (Å²) >= 11 is 0. The lowest BCUT2D eigenvalue weighted by Crippen LogP contribution is -2.04. The largest absolute Gasteiger partial charge is 0.359 e. The van der Waals surface area contributed by atoms with Crippen molar-refractivity contribution in [1.29, 1.82) is 0 Å². The zero-order chi connectivity index (χ0) is 22.3. The van der Waals surface area contributed by atoms with E-state index in [4.69, 9.17) is 4.52 Å². The highest BCUT2D eigenvalue weighted by Gasteiger charge is 2.16. The van der Waals surface area contributed by atoms with Crippen molar-refractivity contribution in [2.45, 2.75) is 11.4 Å². The van der Waals surface area contributed by atoms with E-state index in [1.165, 1.54) is 18.2 Å². The Labute approximate surface area is 182 Å². The number of imidazole rings is 1. The Morgan fingerprint density at radius 2 is 1.75 bits per heavy atom. The second-order valence-electron chi connectivity index (χ2n) is 7.24. The number of nitrogens with zero attached hydrogens (tertiary/aromatic N) is 5. The van der Waals surface area contributed by atoms with E-state index >= 15 is 0 Å². The molecular formula is C22H16FN5O3S. The van der Waals surface area contributed by atoms with Gasteiger partial charge in [0.25, 0.3) is 0 Å². The molecule has 0 saturated carbocycles. The van der Waals surface area contributed by atoms with Gasteiger partial charge < -0.3 is 4.52 Å². The van der Waals surface area contributed by atoms with Gasteiger partial charge in [-0.3, -0.25) is 4.68 Å². The van der Waals surface area contributed by atoms with Crippen LogP contribution in [0.1, 0.15) is 5.76 Å². The van der Waals surface area contributed by atoms with Gasteiger partial charge in [-0.1, -0.05) is 29.4 Å². The van der Waals surface area contributed by atoms with Crippen molar-refractivity contribution in [2.24, 2.45) is 0 Å². The lowest BCUT2D eigenvalue weighted by atomic mass is 10.1. The molecule has 0 unspecified atom stereocenters. The highest BCUT2D eigenvalue weighted by atomic mass is 32.2. The van der Waals surface area contributed by atoms with Gasteiger partial charge in [0.2, 0.25) is 0 Å². The molecule has 32 heavy (non-hydrogen) atoms. The first-order valence-corrected chi connectivity index (χ1v) is 11.5. The van der Waals surface area contributed by atoms with E-state index in [1.807, 2.05) is 0 Å². The lowest BCUT2D eigenvalue weighted by Gasteiger charge is -2.03. The fourth-order valence-corrected chi connectivity index (χ4v) is 3.90. The Morgan fingerprint density at radius 3 is 2.50 bits per heavy atom. The van der Waals surface area contributed by atoms with Gasteiger partial charge in [-0.05, 0) is 24.3 Å². The molecule has 0 spiro atoms. The van der Waals surface area contributed by atoms with Crippen molar-refractivity contribution in [3.63, 3.8) is 0 Å². The molecule has 0 atom stereocenters. The van der Waals surface area contributed by atoms with E-state index in [9.17, 15) is 12.8 Å². The minimum atomic E-state index is -3.26. The van der Waals surface area contributed by atoms with Crippen molar-refractivity contribution >= 4 is 9.84 Å². The Kier molecular flexibility index (Phi) is 4.78. The molecule has 2 aromatic carbocycles. The Bertz CT molecular complexity index is 1490. The molecule has 2 aliphatic heterocycles. The maximum atomic E-state index is 14.0. The molecule has 8 nitrogen and oxygen atoms in total. The fourth-order valence-electron chi connectivity index (χ4n) is 3.27. The summed E-state index contributed by atoms with van der Waals surface area (Å²) in [5, 5.41) is 8.37. The monoisotopic (exact) mass is 449 g/mol. The molecule has 0 N–H and O–H groups in total. The Balaban J connectivity index is 1.38. The molecule has 0 radical (unpaired) electrons. The molecule has 3 aromatic rings. The van der Waals surface area contributed by atoms with Gasteiger partial charge in [-0.25, -0.2) is 22.8 Å². The summed E-state index contributed by atoms with van der Waals surface area (Å²) < 4.78 is 44.3. The van der Waals surface area contributed by atoms with Gasteiger partial charge in [-0.2, -0.15) is 5.10 Å². The van der Waals surface area contributed by atoms with Gasteiger partial charge in [0.1, 0.15) is 29.4 Å². The maximum Gasteiger partial charge on any atom is 0.175 e. The Hall–Kier alpha value is -3.92. The summed E-state index contributed by atoms with van der Waals surface area (Å²) in [7, 11) is -3.26. The molecule has 5 rings (SSSR count). The predicted molar refractivity (Wildman–Crippen MR) is 114 cm³/mol. The van der Waals surface area contributed by atoms with Gasteiger partial charge in [0.05, 0.1) is 22.9 Å². The SMILES string of the molecule is CS(=O)(=O)c1ccc(-c2cc(Cn3cc4nc(-c5ccccc5F)nc-4cn3)on2)cc1. The first kappa shape index (κ1) is 20.0. The zero-order valence-corrected chi connectivity index (χ0v) is 17.6. The van der Waals surface area contributed by atoms with Crippen LogP contribution in [0, 0.1) is 5.82 Å². The smallest absolute Gasteiger partial charge is 0.175 e. The van der Waals surface area contributed by atoms with Crippen LogP contribution in [0.5, 0.6) is 0 Å². The van der Waals surface area contributed by atoms with Gasteiger partial charge in [0, 0.05) is 17.9 Å². The van der Waals surface area contributed by atoms with Gasteiger partial charge in [0.15, 0.2) is 21.4 Å². The van der Waals surface area contributed by atoms with E-state index in [0.717, 1.165) is 11.8 Å². The van der Waals surface area contributed by atoms with Gasteiger partial charge >= 0.3 is 0 Å². The molecule has 0 bridgehead atoms. The van der Waals surface area contributed by atoms with Crippen LogP contribution in [0.25, 0.3) is 34.0 Å². The summed E-state index contributed by atoms with van der Waals surface area (Å²) in [5.74, 6) is 0.470.